The van der Waals surface area contributed by atoms with Crippen LogP contribution in [-0.2, 0) is 10.0 Å². The number of amides is 1. The van der Waals surface area contributed by atoms with Crippen LogP contribution in [0.2, 0.25) is 5.02 Å². The van der Waals surface area contributed by atoms with Crippen molar-refractivity contribution in [1.29, 1.82) is 0 Å². The first-order chi connectivity index (χ1) is 13.8. The van der Waals surface area contributed by atoms with Gasteiger partial charge in [0.2, 0.25) is 0 Å². The van der Waals surface area contributed by atoms with Crippen LogP contribution in [0, 0.1) is 5.82 Å². The molecule has 0 saturated carbocycles. The van der Waals surface area contributed by atoms with Gasteiger partial charge in [-0.15, -0.1) is 0 Å². The fraction of sp³-hybridized carbons (Fsp3) is 0.0500. The van der Waals surface area contributed by atoms with Crippen LogP contribution < -0.4 is 14.8 Å². The van der Waals surface area contributed by atoms with Gasteiger partial charge >= 0.3 is 0 Å². The maximum atomic E-state index is 13.0. The van der Waals surface area contributed by atoms with Gasteiger partial charge < -0.3 is 10.1 Å². The minimum atomic E-state index is -3.89. The molecule has 0 radical (unpaired) electrons. The highest BCUT2D eigenvalue weighted by Gasteiger charge is 2.16. The average molecular weight is 435 g/mol. The third-order valence-corrected chi connectivity index (χ3v) is 5.57. The van der Waals surface area contributed by atoms with Crippen LogP contribution in [0.5, 0.6) is 5.75 Å². The molecule has 0 spiro atoms. The van der Waals surface area contributed by atoms with Crippen LogP contribution in [0.25, 0.3) is 0 Å². The molecule has 3 aromatic rings. The zero-order valence-electron chi connectivity index (χ0n) is 15.1. The predicted molar refractivity (Wildman–Crippen MR) is 110 cm³/mol. The summed E-state index contributed by atoms with van der Waals surface area (Å²) in [6.07, 6.45) is 0. The molecule has 150 valence electrons. The van der Waals surface area contributed by atoms with Gasteiger partial charge in [-0.2, -0.15) is 0 Å². The fourth-order valence-electron chi connectivity index (χ4n) is 2.49. The van der Waals surface area contributed by atoms with E-state index in [4.69, 9.17) is 16.3 Å². The molecule has 0 atom stereocenters. The largest absolute Gasteiger partial charge is 0.495 e. The summed E-state index contributed by atoms with van der Waals surface area (Å²) in [6.45, 7) is 0. The van der Waals surface area contributed by atoms with Crippen LogP contribution in [0.3, 0.4) is 0 Å². The Bertz CT molecular complexity index is 1130. The molecular weight excluding hydrogens is 419 g/mol. The molecule has 0 unspecified atom stereocenters. The molecule has 0 bridgehead atoms. The van der Waals surface area contributed by atoms with Gasteiger partial charge in [0.15, 0.2) is 0 Å². The number of nitrogens with one attached hydrogen (secondary N) is 2. The second-order valence-electron chi connectivity index (χ2n) is 5.94. The number of anilines is 2. The van der Waals surface area contributed by atoms with Crippen molar-refractivity contribution in [2.75, 3.05) is 17.1 Å². The molecule has 0 aromatic heterocycles. The molecule has 9 heteroatoms. The molecule has 6 nitrogen and oxygen atoms in total. The van der Waals surface area contributed by atoms with E-state index >= 15 is 0 Å². The van der Waals surface area contributed by atoms with Crippen LogP contribution in [0.15, 0.2) is 71.6 Å². The molecule has 0 saturated heterocycles. The zero-order valence-corrected chi connectivity index (χ0v) is 16.7. The summed E-state index contributed by atoms with van der Waals surface area (Å²) in [5.41, 5.74) is 0.855. The van der Waals surface area contributed by atoms with E-state index in [2.05, 4.69) is 10.0 Å². The lowest BCUT2D eigenvalue weighted by atomic mass is 10.2. The second-order valence-corrected chi connectivity index (χ2v) is 8.05. The van der Waals surface area contributed by atoms with Crippen molar-refractivity contribution in [2.24, 2.45) is 0 Å². The van der Waals surface area contributed by atoms with Gasteiger partial charge in [0.1, 0.15) is 11.6 Å². The Balaban J connectivity index is 1.76. The molecular formula is C20H16ClFN2O4S. The first kappa shape index (κ1) is 20.6. The van der Waals surface area contributed by atoms with Crippen molar-refractivity contribution < 1.29 is 22.3 Å². The summed E-state index contributed by atoms with van der Waals surface area (Å²) in [4.78, 5) is 12.4. The maximum Gasteiger partial charge on any atom is 0.261 e. The molecule has 0 aliphatic heterocycles. The molecule has 3 aromatic carbocycles. The van der Waals surface area contributed by atoms with Gasteiger partial charge in [-0.25, -0.2) is 12.8 Å². The summed E-state index contributed by atoms with van der Waals surface area (Å²) < 4.78 is 45.4. The summed E-state index contributed by atoms with van der Waals surface area (Å²) in [7, 11) is -2.42. The number of methoxy groups -OCH3 is 1. The second kappa shape index (κ2) is 8.50. The van der Waals surface area contributed by atoms with E-state index in [9.17, 15) is 17.6 Å². The minimum absolute atomic E-state index is 0.0429. The Morgan fingerprint density at radius 2 is 1.66 bits per heavy atom. The highest BCUT2D eigenvalue weighted by molar-refractivity contribution is 7.92. The lowest BCUT2D eigenvalue weighted by molar-refractivity contribution is 0.102. The highest BCUT2D eigenvalue weighted by Crippen LogP contribution is 2.28. The quantitative estimate of drug-likeness (QED) is 0.596. The van der Waals surface area contributed by atoms with E-state index in [0.29, 0.717) is 16.5 Å². The van der Waals surface area contributed by atoms with Crippen molar-refractivity contribution in [1.82, 2.24) is 0 Å². The molecule has 1 amide bonds. The average Bonchev–Trinajstić information content (AvgIpc) is 2.70. The molecule has 3 rings (SSSR count). The Kier molecular flexibility index (Phi) is 6.05. The Labute approximate surface area is 172 Å². The van der Waals surface area contributed by atoms with E-state index in [1.54, 1.807) is 18.2 Å². The number of rotatable bonds is 6. The Morgan fingerprint density at radius 1 is 1.00 bits per heavy atom. The number of ether oxygens (including phenoxy) is 1. The fourth-order valence-corrected chi connectivity index (χ4v) is 3.72. The van der Waals surface area contributed by atoms with E-state index < -0.39 is 21.7 Å². The number of hydrogen-bond acceptors (Lipinski definition) is 4. The van der Waals surface area contributed by atoms with Crippen molar-refractivity contribution in [3.05, 3.63) is 83.1 Å². The van der Waals surface area contributed by atoms with Gasteiger partial charge in [-0.05, 0) is 66.7 Å². The van der Waals surface area contributed by atoms with Gasteiger partial charge in [0, 0.05) is 16.3 Å². The zero-order chi connectivity index (χ0) is 21.0. The Hall–Kier alpha value is -3.10. The summed E-state index contributed by atoms with van der Waals surface area (Å²) in [5.74, 6) is -0.494. The minimum Gasteiger partial charge on any atom is -0.495 e. The SMILES string of the molecule is COc1ccc(Cl)cc1NC(=O)c1ccc(S(=O)(=O)Nc2ccc(F)cc2)cc1. The summed E-state index contributed by atoms with van der Waals surface area (Å²) in [6, 6.07) is 15.1. The van der Waals surface area contributed by atoms with Crippen molar-refractivity contribution >= 4 is 38.9 Å². The number of carbonyl (C=O) groups is 1. The monoisotopic (exact) mass is 434 g/mol. The summed E-state index contributed by atoms with van der Waals surface area (Å²) in [5, 5.41) is 3.10. The topological polar surface area (TPSA) is 84.5 Å². The number of sulfonamides is 1. The van der Waals surface area contributed by atoms with Gasteiger partial charge in [0.05, 0.1) is 17.7 Å². The lowest BCUT2D eigenvalue weighted by Gasteiger charge is -2.11. The van der Waals surface area contributed by atoms with Crippen molar-refractivity contribution in [3.63, 3.8) is 0 Å². The van der Waals surface area contributed by atoms with Gasteiger partial charge in [0.25, 0.3) is 15.9 Å². The maximum absolute atomic E-state index is 13.0. The van der Waals surface area contributed by atoms with E-state index in [0.717, 1.165) is 12.1 Å². The van der Waals surface area contributed by atoms with Gasteiger partial charge in [-0.3, -0.25) is 9.52 Å². The summed E-state index contributed by atoms with van der Waals surface area (Å²) >= 11 is 5.95. The number of carbonyl (C=O) groups excluding carboxylic acids is 1. The smallest absolute Gasteiger partial charge is 0.261 e. The van der Waals surface area contributed by atoms with E-state index in [1.807, 2.05) is 0 Å². The predicted octanol–water partition coefficient (Wildman–Crippen LogP) is 4.54. The van der Waals surface area contributed by atoms with Crippen molar-refractivity contribution in [2.45, 2.75) is 4.90 Å². The molecule has 0 fully saturated rings. The van der Waals surface area contributed by atoms with Crippen LogP contribution in [0.1, 0.15) is 10.4 Å². The molecule has 0 aliphatic rings. The van der Waals surface area contributed by atoms with E-state index in [1.165, 1.54) is 43.5 Å². The number of benzene rings is 3. The third-order valence-electron chi connectivity index (χ3n) is 3.93. The number of hydrogen-bond donors (Lipinski definition) is 2. The van der Waals surface area contributed by atoms with Crippen molar-refractivity contribution in [3.8, 4) is 5.75 Å². The highest BCUT2D eigenvalue weighted by atomic mass is 35.5. The molecule has 2 N–H and O–H groups in total. The number of halogens is 2. The molecule has 0 aliphatic carbocycles. The standard InChI is InChI=1S/C20H16ClFN2O4S/c1-28-19-11-4-14(21)12-18(19)23-20(25)13-2-9-17(10-3-13)29(26,27)24-16-7-5-15(22)6-8-16/h2-12,24H,1H3,(H,23,25). The first-order valence-corrected chi connectivity index (χ1v) is 10.2. The molecule has 29 heavy (non-hydrogen) atoms. The normalized spacial score (nSPS) is 11.0. The van der Waals surface area contributed by atoms with Gasteiger partial charge in [-0.1, -0.05) is 11.6 Å². The van der Waals surface area contributed by atoms with Crippen LogP contribution >= 0.6 is 11.6 Å². The lowest BCUT2D eigenvalue weighted by Crippen LogP contribution is -2.15. The Morgan fingerprint density at radius 3 is 2.28 bits per heavy atom. The third kappa shape index (κ3) is 5.04. The molecule has 0 heterocycles. The van der Waals surface area contributed by atoms with Crippen LogP contribution in [-0.4, -0.2) is 21.4 Å². The van der Waals surface area contributed by atoms with Crippen LogP contribution in [0.4, 0.5) is 15.8 Å². The van der Waals surface area contributed by atoms with E-state index in [-0.39, 0.29) is 16.1 Å². The first-order valence-electron chi connectivity index (χ1n) is 8.32.